The number of anilines is 1. The van der Waals surface area contributed by atoms with Crippen LogP contribution in [0.25, 0.3) is 0 Å². The fraction of sp³-hybridized carbons (Fsp3) is 0.409. The van der Waals surface area contributed by atoms with Crippen molar-refractivity contribution in [1.82, 2.24) is 15.3 Å². The molecule has 1 fully saturated rings. The summed E-state index contributed by atoms with van der Waals surface area (Å²) < 4.78 is 11.3. The lowest BCUT2D eigenvalue weighted by atomic mass is 9.95. The molecule has 3 heterocycles. The second-order valence-corrected chi connectivity index (χ2v) is 7.70. The first kappa shape index (κ1) is 20.8. The molecular weight excluding hydrogens is 398 g/mol. The molecule has 1 aromatic heterocycles. The maximum absolute atomic E-state index is 12.9. The number of hydrogen-bond acceptors (Lipinski definition) is 7. The van der Waals surface area contributed by atoms with E-state index in [1.165, 1.54) is 4.90 Å². The Kier molecular flexibility index (Phi) is 5.82. The first-order valence-electron chi connectivity index (χ1n) is 10.1. The molecule has 9 heteroatoms. The fourth-order valence-electron chi connectivity index (χ4n) is 3.83. The highest BCUT2D eigenvalue weighted by Crippen LogP contribution is 2.31. The van der Waals surface area contributed by atoms with Crippen LogP contribution in [0.1, 0.15) is 46.2 Å². The van der Waals surface area contributed by atoms with Crippen LogP contribution in [0.3, 0.4) is 0 Å². The van der Waals surface area contributed by atoms with Gasteiger partial charge in [0.05, 0.1) is 29.6 Å². The first-order valence-corrected chi connectivity index (χ1v) is 10.1. The van der Waals surface area contributed by atoms with Crippen LogP contribution >= 0.6 is 0 Å². The number of aryl methyl sites for hydroxylation is 1. The summed E-state index contributed by atoms with van der Waals surface area (Å²) in [6.45, 7) is 3.16. The van der Waals surface area contributed by atoms with Crippen molar-refractivity contribution in [3.8, 4) is 11.8 Å². The van der Waals surface area contributed by atoms with E-state index in [4.69, 9.17) is 14.7 Å². The van der Waals surface area contributed by atoms with Gasteiger partial charge in [-0.1, -0.05) is 0 Å². The summed E-state index contributed by atoms with van der Waals surface area (Å²) in [5, 5.41) is 11.8. The topological polar surface area (TPSA) is 117 Å². The number of amides is 2. The normalized spacial score (nSPS) is 20.8. The van der Waals surface area contributed by atoms with Gasteiger partial charge in [-0.2, -0.15) is 5.26 Å². The molecule has 1 saturated heterocycles. The van der Waals surface area contributed by atoms with Crippen LogP contribution in [-0.4, -0.2) is 54.7 Å². The fourth-order valence-corrected chi connectivity index (χ4v) is 3.83. The lowest BCUT2D eigenvalue weighted by Crippen LogP contribution is -2.49. The van der Waals surface area contributed by atoms with Gasteiger partial charge in [0, 0.05) is 31.8 Å². The highest BCUT2D eigenvalue weighted by molar-refractivity contribution is 6.02. The molecule has 9 nitrogen and oxygen atoms in total. The zero-order valence-electron chi connectivity index (χ0n) is 17.4. The number of rotatable bonds is 3. The molecule has 0 bridgehead atoms. The van der Waals surface area contributed by atoms with Gasteiger partial charge in [0.1, 0.15) is 18.4 Å². The molecule has 2 atom stereocenters. The molecular formula is C22H23N5O4. The van der Waals surface area contributed by atoms with Crippen molar-refractivity contribution in [2.24, 2.45) is 0 Å². The van der Waals surface area contributed by atoms with E-state index in [1.807, 2.05) is 13.0 Å². The maximum atomic E-state index is 12.9. The summed E-state index contributed by atoms with van der Waals surface area (Å²) in [4.78, 5) is 35.8. The zero-order valence-corrected chi connectivity index (χ0v) is 17.4. The van der Waals surface area contributed by atoms with Crippen LogP contribution < -0.4 is 15.0 Å². The van der Waals surface area contributed by atoms with Crippen molar-refractivity contribution in [1.29, 1.82) is 5.26 Å². The molecule has 1 N–H and O–H groups in total. The predicted molar refractivity (Wildman–Crippen MR) is 111 cm³/mol. The summed E-state index contributed by atoms with van der Waals surface area (Å²) in [5.41, 5.74) is 2.67. The van der Waals surface area contributed by atoms with Gasteiger partial charge >= 0.3 is 0 Å². The number of nitrogens with zero attached hydrogens (tertiary/aromatic N) is 4. The summed E-state index contributed by atoms with van der Waals surface area (Å²) in [5.74, 6) is -0.323. The molecule has 2 aromatic rings. The molecule has 2 amide bonds. The Morgan fingerprint density at radius 2 is 2.19 bits per heavy atom. The van der Waals surface area contributed by atoms with Crippen LogP contribution in [0.2, 0.25) is 0 Å². The summed E-state index contributed by atoms with van der Waals surface area (Å²) in [7, 11) is 1.60. The number of carbonyl (C=O) groups excluding carboxylic acids is 2. The number of likely N-dealkylation sites (N-methyl/N-ethyl adjacent to an activating group) is 1. The minimum Gasteiger partial charge on any atom is -0.489 e. The Morgan fingerprint density at radius 1 is 1.35 bits per heavy atom. The Bertz CT molecular complexity index is 1060. The lowest BCUT2D eigenvalue weighted by molar-refractivity contribution is -0.120. The van der Waals surface area contributed by atoms with Gasteiger partial charge in [-0.3, -0.25) is 9.59 Å². The van der Waals surface area contributed by atoms with Gasteiger partial charge in [0.15, 0.2) is 0 Å². The van der Waals surface area contributed by atoms with Gasteiger partial charge in [-0.05, 0) is 37.5 Å². The van der Waals surface area contributed by atoms with Crippen LogP contribution in [0.15, 0.2) is 24.4 Å². The molecule has 0 spiro atoms. The number of benzene rings is 1. The minimum absolute atomic E-state index is 0.00940. The predicted octanol–water partition coefficient (Wildman–Crippen LogP) is 1.70. The number of carbonyl (C=O) groups is 2. The molecule has 160 valence electrons. The molecule has 4 rings (SSSR count). The second kappa shape index (κ2) is 8.70. The minimum atomic E-state index is -0.915. The van der Waals surface area contributed by atoms with Gasteiger partial charge in [0.2, 0.25) is 5.82 Å². The van der Waals surface area contributed by atoms with Crippen molar-refractivity contribution in [3.63, 3.8) is 0 Å². The third-order valence-electron chi connectivity index (χ3n) is 5.55. The van der Waals surface area contributed by atoms with E-state index in [0.29, 0.717) is 23.6 Å². The third kappa shape index (κ3) is 4.20. The second-order valence-electron chi connectivity index (χ2n) is 7.70. The monoisotopic (exact) mass is 421 g/mol. The Hall–Kier alpha value is -3.51. The molecule has 1 aromatic carbocycles. The van der Waals surface area contributed by atoms with Crippen molar-refractivity contribution in [2.75, 3.05) is 31.8 Å². The van der Waals surface area contributed by atoms with E-state index in [2.05, 4.69) is 15.3 Å². The van der Waals surface area contributed by atoms with Crippen molar-refractivity contribution < 1.29 is 19.1 Å². The highest BCUT2D eigenvalue weighted by atomic mass is 16.5. The smallest absolute Gasteiger partial charge is 0.289 e. The van der Waals surface area contributed by atoms with Gasteiger partial charge < -0.3 is 19.7 Å². The number of fused-ring (bicyclic) bond motifs is 1. The van der Waals surface area contributed by atoms with Crippen LogP contribution in [0.5, 0.6) is 5.75 Å². The van der Waals surface area contributed by atoms with E-state index < -0.39 is 11.9 Å². The number of nitrogens with one attached hydrogen (secondary N) is 1. The molecule has 2 unspecified atom stereocenters. The molecule has 2 aliphatic rings. The largest absolute Gasteiger partial charge is 0.489 e. The van der Waals surface area contributed by atoms with E-state index >= 15 is 0 Å². The van der Waals surface area contributed by atoms with Crippen molar-refractivity contribution in [3.05, 3.63) is 47.0 Å². The Labute approximate surface area is 180 Å². The highest BCUT2D eigenvalue weighted by Gasteiger charge is 2.32. The molecule has 0 saturated carbocycles. The molecule has 0 radical (unpaired) electrons. The Balaban J connectivity index is 1.52. The van der Waals surface area contributed by atoms with Crippen LogP contribution in [0.4, 0.5) is 5.69 Å². The SMILES string of the molecule is Cc1cnc(C(=O)NC2COc3cc(C#N)ccc3N(C)C2=O)nc1C1CCCOC1. The molecule has 2 aliphatic heterocycles. The van der Waals surface area contributed by atoms with E-state index in [9.17, 15) is 9.59 Å². The maximum Gasteiger partial charge on any atom is 0.289 e. The summed E-state index contributed by atoms with van der Waals surface area (Å²) >= 11 is 0. The standard InChI is InChI=1S/C22H23N5O4/c1-13-10-24-20(26-19(13)15-4-3-7-30-11-15)21(28)25-16-12-31-18-8-14(9-23)5-6-17(18)27(2)22(16)29/h5-6,8,10,15-16H,3-4,7,11-12H2,1-2H3,(H,25,28). The van der Waals surface area contributed by atoms with Gasteiger partial charge in [-0.25, -0.2) is 9.97 Å². The van der Waals surface area contributed by atoms with E-state index in [-0.39, 0.29) is 24.3 Å². The number of ether oxygens (including phenoxy) is 2. The van der Waals surface area contributed by atoms with Gasteiger partial charge in [0.25, 0.3) is 11.8 Å². The summed E-state index contributed by atoms with van der Waals surface area (Å²) in [6.07, 6.45) is 3.52. The van der Waals surface area contributed by atoms with Crippen molar-refractivity contribution >= 4 is 17.5 Å². The van der Waals surface area contributed by atoms with Crippen LogP contribution in [-0.2, 0) is 9.53 Å². The van der Waals surface area contributed by atoms with Crippen molar-refractivity contribution in [2.45, 2.75) is 31.7 Å². The molecule has 0 aliphatic carbocycles. The number of aromatic nitrogens is 2. The zero-order chi connectivity index (χ0) is 22.0. The third-order valence-corrected chi connectivity index (χ3v) is 5.55. The number of hydrogen-bond donors (Lipinski definition) is 1. The average Bonchev–Trinajstić information content (AvgIpc) is 2.91. The summed E-state index contributed by atoms with van der Waals surface area (Å²) in [6, 6.07) is 5.97. The van der Waals surface area contributed by atoms with Gasteiger partial charge in [-0.15, -0.1) is 0 Å². The van der Waals surface area contributed by atoms with Crippen LogP contribution in [0, 0.1) is 18.3 Å². The average molecular weight is 421 g/mol. The lowest BCUT2D eigenvalue weighted by Gasteiger charge is -2.23. The Morgan fingerprint density at radius 3 is 2.94 bits per heavy atom. The van der Waals surface area contributed by atoms with E-state index in [0.717, 1.165) is 30.7 Å². The first-order chi connectivity index (χ1) is 15.0. The van der Waals surface area contributed by atoms with E-state index in [1.54, 1.807) is 31.4 Å². The molecule has 31 heavy (non-hydrogen) atoms. The quantitative estimate of drug-likeness (QED) is 0.801. The number of nitriles is 1.